The molecule has 0 radical (unpaired) electrons. The normalized spacial score (nSPS) is 16.8. The molecule has 2 N–H and O–H groups in total. The third-order valence-electron chi connectivity index (χ3n) is 3.73. The first kappa shape index (κ1) is 13.2. The van der Waals surface area contributed by atoms with E-state index in [-0.39, 0.29) is 5.54 Å². The molecule has 0 aliphatic heterocycles. The van der Waals surface area contributed by atoms with Gasteiger partial charge in [0.1, 0.15) is 0 Å². The van der Waals surface area contributed by atoms with E-state index in [1.807, 2.05) is 6.07 Å². The largest absolute Gasteiger partial charge is 0.493 e. The number of rotatable bonds is 5. The molecular weight excluding hydrogens is 226 g/mol. The van der Waals surface area contributed by atoms with Crippen LogP contribution in [0.1, 0.15) is 43.7 Å². The van der Waals surface area contributed by atoms with Crippen LogP contribution in [0.3, 0.4) is 0 Å². The van der Waals surface area contributed by atoms with Crippen molar-refractivity contribution >= 4 is 0 Å². The van der Waals surface area contributed by atoms with Crippen LogP contribution in [-0.4, -0.2) is 19.8 Å². The van der Waals surface area contributed by atoms with E-state index in [2.05, 4.69) is 19.9 Å². The lowest BCUT2D eigenvalue weighted by Crippen LogP contribution is -2.25. The second-order valence-electron chi connectivity index (χ2n) is 5.56. The Labute approximate surface area is 109 Å². The molecular formula is C15H23NO2. The quantitative estimate of drug-likeness (QED) is 0.872. The summed E-state index contributed by atoms with van der Waals surface area (Å²) in [6.07, 6.45) is 3.08. The summed E-state index contributed by atoms with van der Waals surface area (Å²) in [7, 11) is 3.37. The van der Waals surface area contributed by atoms with Crippen molar-refractivity contribution < 1.29 is 9.47 Å². The molecule has 1 fully saturated rings. The highest BCUT2D eigenvalue weighted by molar-refractivity contribution is 5.52. The van der Waals surface area contributed by atoms with Gasteiger partial charge in [-0.25, -0.2) is 0 Å². The van der Waals surface area contributed by atoms with E-state index in [0.717, 1.165) is 30.8 Å². The molecule has 0 heterocycles. The zero-order chi connectivity index (χ0) is 13.3. The highest BCUT2D eigenvalue weighted by atomic mass is 16.5. The fourth-order valence-corrected chi connectivity index (χ4v) is 2.42. The molecule has 0 amide bonds. The molecule has 0 saturated heterocycles. The van der Waals surface area contributed by atoms with E-state index in [4.69, 9.17) is 15.2 Å². The summed E-state index contributed by atoms with van der Waals surface area (Å²) < 4.78 is 10.9. The van der Waals surface area contributed by atoms with Crippen LogP contribution in [0.15, 0.2) is 12.1 Å². The Morgan fingerprint density at radius 3 is 2.33 bits per heavy atom. The molecule has 1 aliphatic carbocycles. The van der Waals surface area contributed by atoms with Gasteiger partial charge in [0.05, 0.1) is 14.2 Å². The molecule has 0 atom stereocenters. The molecule has 100 valence electrons. The van der Waals surface area contributed by atoms with Crippen molar-refractivity contribution in [3.63, 3.8) is 0 Å². The minimum Gasteiger partial charge on any atom is -0.493 e. The topological polar surface area (TPSA) is 44.5 Å². The monoisotopic (exact) mass is 249 g/mol. The van der Waals surface area contributed by atoms with Crippen LogP contribution in [0.5, 0.6) is 11.5 Å². The van der Waals surface area contributed by atoms with Gasteiger partial charge < -0.3 is 15.2 Å². The van der Waals surface area contributed by atoms with E-state index >= 15 is 0 Å². The van der Waals surface area contributed by atoms with E-state index in [0.29, 0.717) is 5.92 Å². The lowest BCUT2D eigenvalue weighted by Gasteiger charge is -2.21. The first-order valence-electron chi connectivity index (χ1n) is 6.53. The van der Waals surface area contributed by atoms with Gasteiger partial charge >= 0.3 is 0 Å². The Morgan fingerprint density at radius 1 is 1.22 bits per heavy atom. The van der Waals surface area contributed by atoms with Crippen LogP contribution in [-0.2, 0) is 6.42 Å². The van der Waals surface area contributed by atoms with Crippen LogP contribution in [0, 0.1) is 0 Å². The summed E-state index contributed by atoms with van der Waals surface area (Å²) in [6.45, 7) is 4.39. The highest BCUT2D eigenvalue weighted by Gasteiger charge is 2.39. The number of nitrogens with two attached hydrogens (primary N) is 1. The van der Waals surface area contributed by atoms with Gasteiger partial charge in [-0.1, -0.05) is 19.9 Å². The fourth-order valence-electron chi connectivity index (χ4n) is 2.42. The van der Waals surface area contributed by atoms with Crippen molar-refractivity contribution in [3.8, 4) is 11.5 Å². The van der Waals surface area contributed by atoms with Gasteiger partial charge in [-0.2, -0.15) is 0 Å². The van der Waals surface area contributed by atoms with Crippen LogP contribution < -0.4 is 15.2 Å². The van der Waals surface area contributed by atoms with E-state index in [9.17, 15) is 0 Å². The van der Waals surface area contributed by atoms with E-state index in [1.54, 1.807) is 14.2 Å². The molecule has 0 aromatic heterocycles. The van der Waals surface area contributed by atoms with E-state index < -0.39 is 0 Å². The average molecular weight is 249 g/mol. The van der Waals surface area contributed by atoms with Crippen molar-refractivity contribution in [1.82, 2.24) is 0 Å². The summed E-state index contributed by atoms with van der Waals surface area (Å²) in [5, 5.41) is 0. The Hall–Kier alpha value is -1.22. The molecule has 3 heteroatoms. The predicted octanol–water partition coefficient (Wildman–Crippen LogP) is 2.86. The molecule has 0 spiro atoms. The molecule has 1 aliphatic rings. The molecule has 18 heavy (non-hydrogen) atoms. The maximum absolute atomic E-state index is 6.27. The van der Waals surface area contributed by atoms with Crippen LogP contribution in [0.2, 0.25) is 0 Å². The van der Waals surface area contributed by atoms with Gasteiger partial charge in [0.25, 0.3) is 0 Å². The lowest BCUT2D eigenvalue weighted by molar-refractivity contribution is 0.349. The maximum Gasteiger partial charge on any atom is 0.164 e. The zero-order valence-corrected chi connectivity index (χ0v) is 11.7. The summed E-state index contributed by atoms with van der Waals surface area (Å²) in [5.41, 5.74) is 8.77. The minimum absolute atomic E-state index is 0.0245. The maximum atomic E-state index is 6.27. The SMILES string of the molecule is COc1ccc(C(C)C)c(CC2(N)CC2)c1OC. The second-order valence-corrected chi connectivity index (χ2v) is 5.56. The Bertz CT molecular complexity index is 436. The summed E-state index contributed by atoms with van der Waals surface area (Å²) in [4.78, 5) is 0. The van der Waals surface area contributed by atoms with Crippen LogP contribution in [0.4, 0.5) is 0 Å². The smallest absolute Gasteiger partial charge is 0.164 e. The molecule has 0 bridgehead atoms. The molecule has 3 nitrogen and oxygen atoms in total. The molecule has 1 aromatic carbocycles. The van der Waals surface area contributed by atoms with Gasteiger partial charge in [-0.15, -0.1) is 0 Å². The first-order chi connectivity index (χ1) is 8.50. The van der Waals surface area contributed by atoms with Gasteiger partial charge in [-0.3, -0.25) is 0 Å². The molecule has 0 unspecified atom stereocenters. The number of benzene rings is 1. The van der Waals surface area contributed by atoms with Crippen LogP contribution >= 0.6 is 0 Å². The molecule has 2 rings (SSSR count). The van der Waals surface area contributed by atoms with Gasteiger partial charge in [0.15, 0.2) is 11.5 Å². The zero-order valence-electron chi connectivity index (χ0n) is 11.7. The minimum atomic E-state index is -0.0245. The first-order valence-corrected chi connectivity index (χ1v) is 6.53. The Morgan fingerprint density at radius 2 is 1.89 bits per heavy atom. The van der Waals surface area contributed by atoms with Gasteiger partial charge in [0, 0.05) is 11.1 Å². The lowest BCUT2D eigenvalue weighted by atomic mass is 9.91. The number of hydrogen-bond donors (Lipinski definition) is 1. The van der Waals surface area contributed by atoms with Crippen molar-refractivity contribution in [2.75, 3.05) is 14.2 Å². The fraction of sp³-hybridized carbons (Fsp3) is 0.600. The summed E-state index contributed by atoms with van der Waals surface area (Å²) in [6, 6.07) is 4.11. The summed E-state index contributed by atoms with van der Waals surface area (Å²) in [5.74, 6) is 2.10. The Kier molecular flexibility index (Phi) is 3.53. The summed E-state index contributed by atoms with van der Waals surface area (Å²) >= 11 is 0. The van der Waals surface area contributed by atoms with Gasteiger partial charge in [0.2, 0.25) is 0 Å². The van der Waals surface area contributed by atoms with E-state index in [1.165, 1.54) is 11.1 Å². The predicted molar refractivity (Wildman–Crippen MR) is 73.5 cm³/mol. The molecule has 1 aromatic rings. The third-order valence-corrected chi connectivity index (χ3v) is 3.73. The number of ether oxygens (including phenoxy) is 2. The molecule has 1 saturated carbocycles. The van der Waals surface area contributed by atoms with Crippen molar-refractivity contribution in [1.29, 1.82) is 0 Å². The highest BCUT2D eigenvalue weighted by Crippen LogP contribution is 2.43. The standard InChI is InChI=1S/C15H23NO2/c1-10(2)11-5-6-13(17-3)14(18-4)12(11)9-15(16)7-8-15/h5-6,10H,7-9,16H2,1-4H3. The second kappa shape index (κ2) is 4.81. The van der Waals surface area contributed by atoms with Crippen molar-refractivity contribution in [3.05, 3.63) is 23.3 Å². The van der Waals surface area contributed by atoms with Crippen molar-refractivity contribution in [2.24, 2.45) is 5.73 Å². The number of hydrogen-bond acceptors (Lipinski definition) is 3. The number of methoxy groups -OCH3 is 2. The third kappa shape index (κ3) is 2.46. The van der Waals surface area contributed by atoms with Crippen LogP contribution in [0.25, 0.3) is 0 Å². The van der Waals surface area contributed by atoms with Gasteiger partial charge in [-0.05, 0) is 36.8 Å². The Balaban J connectivity index is 2.48. The average Bonchev–Trinajstić information content (AvgIpc) is 3.05. The van der Waals surface area contributed by atoms with Crippen molar-refractivity contribution in [2.45, 2.75) is 44.6 Å².